The zero-order valence-electron chi connectivity index (χ0n) is 16.9. The molecule has 1 aliphatic heterocycles. The van der Waals surface area contributed by atoms with Gasteiger partial charge in [-0.05, 0) is 54.7 Å². The van der Waals surface area contributed by atoms with E-state index in [0.29, 0.717) is 36.8 Å². The molecule has 7 heteroatoms. The minimum atomic E-state index is -0.480. The molecule has 3 atom stereocenters. The lowest BCUT2D eigenvalue weighted by Crippen LogP contribution is -2.26. The Bertz CT molecular complexity index is 963. The molecule has 30 heavy (non-hydrogen) atoms. The molecule has 2 aliphatic rings. The lowest BCUT2D eigenvalue weighted by molar-refractivity contribution is -0.118. The molecule has 3 unspecified atom stereocenters. The first-order chi connectivity index (χ1) is 14.5. The topological polar surface area (TPSA) is 104 Å². The van der Waals surface area contributed by atoms with Crippen molar-refractivity contribution in [1.29, 1.82) is 5.26 Å². The molecule has 1 aromatic heterocycles. The third-order valence-electron chi connectivity index (χ3n) is 5.70. The zero-order chi connectivity index (χ0) is 21.1. The number of aliphatic hydroxyl groups excluding tert-OH is 1. The van der Waals surface area contributed by atoms with Gasteiger partial charge in [-0.2, -0.15) is 5.26 Å². The molecule has 1 aliphatic carbocycles. The molecule has 0 radical (unpaired) electrons. The van der Waals surface area contributed by atoms with Crippen molar-refractivity contribution in [1.82, 2.24) is 4.98 Å². The predicted octanol–water partition coefficient (Wildman–Crippen LogP) is 3.13. The highest BCUT2D eigenvalue weighted by atomic mass is 16.5. The van der Waals surface area contributed by atoms with E-state index in [1.807, 2.05) is 18.2 Å². The van der Waals surface area contributed by atoms with Gasteiger partial charge in [0.05, 0.1) is 24.9 Å². The molecule has 156 valence electrons. The summed E-state index contributed by atoms with van der Waals surface area (Å²) in [7, 11) is 0. The van der Waals surface area contributed by atoms with Crippen LogP contribution in [0.25, 0.3) is 11.1 Å². The fourth-order valence-corrected chi connectivity index (χ4v) is 3.82. The third-order valence-corrected chi connectivity index (χ3v) is 5.70. The molecule has 4 rings (SSSR count). The predicted molar refractivity (Wildman–Crippen MR) is 111 cm³/mol. The first kappa shape index (κ1) is 20.3. The average Bonchev–Trinajstić information content (AvgIpc) is 3.56. The van der Waals surface area contributed by atoms with Crippen molar-refractivity contribution >= 4 is 11.7 Å². The van der Waals surface area contributed by atoms with Crippen molar-refractivity contribution in [3.8, 4) is 22.9 Å². The molecule has 1 saturated carbocycles. The SMILES string of the molecule is CC(O)C1CC1C(=O)Nc1cc(-c2ccc(OC3CCOCC3)c(C#N)c2)ccn1. The van der Waals surface area contributed by atoms with E-state index >= 15 is 0 Å². The van der Waals surface area contributed by atoms with Crippen LogP contribution in [0.4, 0.5) is 5.82 Å². The van der Waals surface area contributed by atoms with Crippen molar-refractivity contribution in [2.24, 2.45) is 11.8 Å². The van der Waals surface area contributed by atoms with Crippen LogP contribution in [0.1, 0.15) is 31.7 Å². The van der Waals surface area contributed by atoms with Gasteiger partial charge in [0.2, 0.25) is 5.91 Å². The van der Waals surface area contributed by atoms with E-state index in [-0.39, 0.29) is 23.8 Å². The molecule has 2 N–H and O–H groups in total. The molecule has 1 saturated heterocycles. The molecule has 1 aromatic carbocycles. The minimum Gasteiger partial charge on any atom is -0.489 e. The van der Waals surface area contributed by atoms with E-state index in [1.54, 1.807) is 25.3 Å². The van der Waals surface area contributed by atoms with Gasteiger partial charge in [0.15, 0.2) is 0 Å². The number of carbonyl (C=O) groups excluding carboxylic acids is 1. The first-order valence-electron chi connectivity index (χ1n) is 10.3. The number of carbonyl (C=O) groups is 1. The average molecular weight is 407 g/mol. The van der Waals surface area contributed by atoms with Crippen LogP contribution in [0.3, 0.4) is 0 Å². The Morgan fingerprint density at radius 2 is 2.07 bits per heavy atom. The van der Waals surface area contributed by atoms with E-state index in [0.717, 1.165) is 24.0 Å². The van der Waals surface area contributed by atoms with Crippen LogP contribution in [0.15, 0.2) is 36.5 Å². The second kappa shape index (κ2) is 8.82. The van der Waals surface area contributed by atoms with Crippen LogP contribution in [-0.2, 0) is 9.53 Å². The van der Waals surface area contributed by atoms with Gasteiger partial charge in [0.25, 0.3) is 0 Å². The maximum Gasteiger partial charge on any atom is 0.229 e. The minimum absolute atomic E-state index is 0.0228. The molecule has 2 heterocycles. The smallest absolute Gasteiger partial charge is 0.229 e. The van der Waals surface area contributed by atoms with Crippen LogP contribution in [0, 0.1) is 23.2 Å². The Morgan fingerprint density at radius 3 is 2.77 bits per heavy atom. The van der Waals surface area contributed by atoms with E-state index < -0.39 is 6.10 Å². The number of aliphatic hydroxyl groups is 1. The molecule has 0 bridgehead atoms. The maximum absolute atomic E-state index is 12.3. The normalized spacial score (nSPS) is 22.0. The number of pyridine rings is 1. The number of amides is 1. The summed E-state index contributed by atoms with van der Waals surface area (Å²) in [5.41, 5.74) is 2.16. The number of hydrogen-bond donors (Lipinski definition) is 2. The monoisotopic (exact) mass is 407 g/mol. The lowest BCUT2D eigenvalue weighted by Gasteiger charge is -2.23. The van der Waals surface area contributed by atoms with Gasteiger partial charge in [0.1, 0.15) is 23.7 Å². The summed E-state index contributed by atoms with van der Waals surface area (Å²) >= 11 is 0. The van der Waals surface area contributed by atoms with Crippen LogP contribution in [0.2, 0.25) is 0 Å². The van der Waals surface area contributed by atoms with E-state index in [4.69, 9.17) is 9.47 Å². The van der Waals surface area contributed by atoms with E-state index in [2.05, 4.69) is 16.4 Å². The van der Waals surface area contributed by atoms with Crippen LogP contribution in [0.5, 0.6) is 5.75 Å². The number of rotatable bonds is 6. The Balaban J connectivity index is 1.48. The fourth-order valence-electron chi connectivity index (χ4n) is 3.82. The quantitative estimate of drug-likeness (QED) is 0.762. The Hall–Kier alpha value is -2.95. The van der Waals surface area contributed by atoms with Crippen molar-refractivity contribution in [2.45, 2.75) is 38.4 Å². The van der Waals surface area contributed by atoms with Crippen molar-refractivity contribution in [3.05, 3.63) is 42.1 Å². The lowest BCUT2D eigenvalue weighted by atomic mass is 10.0. The Morgan fingerprint density at radius 1 is 1.30 bits per heavy atom. The van der Waals surface area contributed by atoms with Gasteiger partial charge >= 0.3 is 0 Å². The fraction of sp³-hybridized carbons (Fsp3) is 0.435. The molecule has 2 fully saturated rings. The van der Waals surface area contributed by atoms with Crippen LogP contribution < -0.4 is 10.1 Å². The van der Waals surface area contributed by atoms with Crippen LogP contribution in [-0.4, -0.2) is 41.4 Å². The van der Waals surface area contributed by atoms with E-state index in [9.17, 15) is 15.2 Å². The van der Waals surface area contributed by atoms with Crippen molar-refractivity contribution in [3.63, 3.8) is 0 Å². The van der Waals surface area contributed by atoms with Gasteiger partial charge in [0, 0.05) is 25.0 Å². The number of aromatic nitrogens is 1. The van der Waals surface area contributed by atoms with Crippen molar-refractivity contribution < 1.29 is 19.4 Å². The number of benzene rings is 1. The molecule has 0 spiro atoms. The largest absolute Gasteiger partial charge is 0.489 e. The summed E-state index contributed by atoms with van der Waals surface area (Å²) in [4.78, 5) is 16.6. The highest BCUT2D eigenvalue weighted by Gasteiger charge is 2.45. The highest BCUT2D eigenvalue weighted by molar-refractivity contribution is 5.94. The number of hydrogen-bond acceptors (Lipinski definition) is 6. The highest BCUT2D eigenvalue weighted by Crippen LogP contribution is 2.42. The van der Waals surface area contributed by atoms with Crippen molar-refractivity contribution in [2.75, 3.05) is 18.5 Å². The Labute approximate surface area is 175 Å². The number of nitriles is 1. The number of nitrogens with zero attached hydrogens (tertiary/aromatic N) is 2. The molecular formula is C23H25N3O4. The summed E-state index contributed by atoms with van der Waals surface area (Å²) in [5.74, 6) is 0.767. The van der Waals surface area contributed by atoms with E-state index in [1.165, 1.54) is 0 Å². The second-order valence-electron chi connectivity index (χ2n) is 7.92. The first-order valence-corrected chi connectivity index (χ1v) is 10.3. The summed E-state index contributed by atoms with van der Waals surface area (Å²) in [6.07, 6.45) is 3.54. The summed E-state index contributed by atoms with van der Waals surface area (Å²) < 4.78 is 11.4. The molecular weight excluding hydrogens is 382 g/mol. The molecule has 1 amide bonds. The summed E-state index contributed by atoms with van der Waals surface area (Å²) in [6.45, 7) is 3.06. The zero-order valence-corrected chi connectivity index (χ0v) is 16.9. The third kappa shape index (κ3) is 4.61. The summed E-state index contributed by atoms with van der Waals surface area (Å²) in [6, 6.07) is 11.3. The molecule has 7 nitrogen and oxygen atoms in total. The standard InChI is InChI=1S/C23H25N3O4/c1-14(27)19-12-20(19)23(28)26-22-11-16(4-7-25-22)15-2-3-21(17(10-15)13-24)30-18-5-8-29-9-6-18/h2-4,7,10-11,14,18-20,27H,5-6,8-9,12H2,1H3,(H,25,26,28). The number of nitrogens with one attached hydrogen (secondary N) is 1. The Kier molecular flexibility index (Phi) is 5.98. The number of ether oxygens (including phenoxy) is 2. The maximum atomic E-state index is 12.3. The van der Waals surface area contributed by atoms with Gasteiger partial charge in [-0.3, -0.25) is 4.79 Å². The van der Waals surface area contributed by atoms with Crippen LogP contribution >= 0.6 is 0 Å². The van der Waals surface area contributed by atoms with Gasteiger partial charge < -0.3 is 19.9 Å². The number of anilines is 1. The van der Waals surface area contributed by atoms with Gasteiger partial charge in [-0.15, -0.1) is 0 Å². The van der Waals surface area contributed by atoms with Gasteiger partial charge in [-0.25, -0.2) is 4.98 Å². The summed E-state index contributed by atoms with van der Waals surface area (Å²) in [5, 5.41) is 22.0. The molecule has 2 aromatic rings. The second-order valence-corrected chi connectivity index (χ2v) is 7.92. The van der Waals surface area contributed by atoms with Gasteiger partial charge in [-0.1, -0.05) is 6.07 Å².